The zero-order chi connectivity index (χ0) is 14.7. The summed E-state index contributed by atoms with van der Waals surface area (Å²) < 4.78 is 39.6. The van der Waals surface area contributed by atoms with Gasteiger partial charge in [0.15, 0.2) is 0 Å². The molecule has 3 N–H and O–H groups in total. The van der Waals surface area contributed by atoms with Gasteiger partial charge < -0.3 is 0 Å². The van der Waals surface area contributed by atoms with Gasteiger partial charge in [-0.2, -0.15) is 0 Å². The van der Waals surface area contributed by atoms with E-state index in [9.17, 15) is 13.2 Å². The van der Waals surface area contributed by atoms with Gasteiger partial charge in [-0.05, 0) is 47.9 Å². The largest absolute Gasteiger partial charge is 0.271 e. The summed E-state index contributed by atoms with van der Waals surface area (Å²) in [6.07, 6.45) is 0.204. The first-order chi connectivity index (χ1) is 9.49. The van der Waals surface area contributed by atoms with Crippen molar-refractivity contribution in [3.8, 4) is 0 Å². The van der Waals surface area contributed by atoms with Crippen LogP contribution in [0.1, 0.15) is 17.2 Å². The lowest BCUT2D eigenvalue weighted by molar-refractivity contribution is 0.528. The first-order valence-electron chi connectivity index (χ1n) is 5.85. The van der Waals surface area contributed by atoms with E-state index in [2.05, 4.69) is 5.43 Å². The Bertz CT molecular complexity index is 599. The van der Waals surface area contributed by atoms with Crippen LogP contribution in [-0.2, 0) is 6.42 Å². The second-order valence-electron chi connectivity index (χ2n) is 4.36. The molecule has 0 bridgehead atoms. The molecule has 106 valence electrons. The van der Waals surface area contributed by atoms with Gasteiger partial charge in [0.05, 0.1) is 6.04 Å². The van der Waals surface area contributed by atoms with Gasteiger partial charge in [-0.25, -0.2) is 13.2 Å². The third-order valence-electron chi connectivity index (χ3n) is 2.92. The van der Waals surface area contributed by atoms with Gasteiger partial charge in [-0.1, -0.05) is 11.6 Å². The van der Waals surface area contributed by atoms with E-state index in [4.69, 9.17) is 17.4 Å². The lowest BCUT2D eigenvalue weighted by Gasteiger charge is -2.17. The summed E-state index contributed by atoms with van der Waals surface area (Å²) >= 11 is 5.96. The molecule has 0 spiro atoms. The van der Waals surface area contributed by atoms with E-state index in [0.717, 1.165) is 6.07 Å². The van der Waals surface area contributed by atoms with Crippen LogP contribution in [0.5, 0.6) is 0 Å². The Morgan fingerprint density at radius 2 is 1.65 bits per heavy atom. The van der Waals surface area contributed by atoms with Crippen LogP contribution >= 0.6 is 11.6 Å². The fourth-order valence-electron chi connectivity index (χ4n) is 1.97. The van der Waals surface area contributed by atoms with Gasteiger partial charge in [0, 0.05) is 11.1 Å². The second-order valence-corrected chi connectivity index (χ2v) is 4.77. The number of hydrogen-bond acceptors (Lipinski definition) is 2. The molecular weight excluding hydrogens is 289 g/mol. The third kappa shape index (κ3) is 3.50. The quantitative estimate of drug-likeness (QED) is 0.670. The number of rotatable bonds is 4. The Morgan fingerprint density at radius 1 is 1.00 bits per heavy atom. The zero-order valence-electron chi connectivity index (χ0n) is 10.3. The Labute approximate surface area is 119 Å². The van der Waals surface area contributed by atoms with Gasteiger partial charge >= 0.3 is 0 Å². The van der Waals surface area contributed by atoms with Crippen molar-refractivity contribution in [1.82, 2.24) is 5.43 Å². The van der Waals surface area contributed by atoms with E-state index < -0.39 is 23.5 Å². The van der Waals surface area contributed by atoms with Crippen LogP contribution in [0.25, 0.3) is 0 Å². The van der Waals surface area contributed by atoms with Crippen molar-refractivity contribution in [2.24, 2.45) is 5.84 Å². The van der Waals surface area contributed by atoms with Gasteiger partial charge in [0.1, 0.15) is 17.5 Å². The van der Waals surface area contributed by atoms with Crippen LogP contribution in [0.2, 0.25) is 5.02 Å². The van der Waals surface area contributed by atoms with Crippen molar-refractivity contribution < 1.29 is 13.2 Å². The van der Waals surface area contributed by atoms with Crippen molar-refractivity contribution in [1.29, 1.82) is 0 Å². The maximum absolute atomic E-state index is 13.2. The summed E-state index contributed by atoms with van der Waals surface area (Å²) in [6, 6.07) is 6.44. The molecule has 2 rings (SSSR count). The van der Waals surface area contributed by atoms with Gasteiger partial charge in [0.25, 0.3) is 0 Å². The molecule has 0 aliphatic heterocycles. The fourth-order valence-corrected chi connectivity index (χ4v) is 2.16. The predicted octanol–water partition coefficient (Wildman–Crippen LogP) is 3.50. The molecule has 0 radical (unpaired) electrons. The molecule has 0 aliphatic carbocycles. The molecular formula is C14H12ClF3N2. The summed E-state index contributed by atoms with van der Waals surface area (Å²) in [4.78, 5) is 0. The second kappa shape index (κ2) is 6.26. The Kier molecular flexibility index (Phi) is 4.65. The Hall–Kier alpha value is -1.56. The number of benzene rings is 2. The standard InChI is InChI=1S/C14H12ClF3N2/c15-13-2-1-10(16)3-8(13)6-14(20-19)9-4-11(17)7-12(18)5-9/h1-5,7,14,20H,6,19H2. The molecule has 1 atom stereocenters. The molecule has 0 fully saturated rings. The molecule has 0 aliphatic rings. The number of hydrogen-bond donors (Lipinski definition) is 2. The highest BCUT2D eigenvalue weighted by Gasteiger charge is 2.15. The van der Waals surface area contributed by atoms with Crippen molar-refractivity contribution >= 4 is 11.6 Å². The monoisotopic (exact) mass is 300 g/mol. The molecule has 2 aromatic rings. The van der Waals surface area contributed by atoms with E-state index >= 15 is 0 Å². The summed E-state index contributed by atoms with van der Waals surface area (Å²) in [6.45, 7) is 0. The molecule has 2 aromatic carbocycles. The van der Waals surface area contributed by atoms with E-state index in [1.165, 1.54) is 30.3 Å². The number of nitrogens with one attached hydrogen (secondary N) is 1. The molecule has 2 nitrogen and oxygen atoms in total. The molecule has 0 heterocycles. The maximum Gasteiger partial charge on any atom is 0.126 e. The smallest absolute Gasteiger partial charge is 0.126 e. The van der Waals surface area contributed by atoms with Crippen LogP contribution in [0.15, 0.2) is 36.4 Å². The summed E-state index contributed by atoms with van der Waals surface area (Å²) in [5.41, 5.74) is 3.28. The third-order valence-corrected chi connectivity index (χ3v) is 3.29. The van der Waals surface area contributed by atoms with E-state index in [0.29, 0.717) is 16.1 Å². The molecule has 0 aromatic heterocycles. The van der Waals surface area contributed by atoms with Gasteiger partial charge in [-0.3, -0.25) is 11.3 Å². The highest BCUT2D eigenvalue weighted by atomic mass is 35.5. The Morgan fingerprint density at radius 3 is 2.25 bits per heavy atom. The minimum absolute atomic E-state index is 0.204. The van der Waals surface area contributed by atoms with Crippen molar-refractivity contribution in [2.45, 2.75) is 12.5 Å². The topological polar surface area (TPSA) is 38.0 Å². The van der Waals surface area contributed by atoms with Crippen molar-refractivity contribution in [3.05, 3.63) is 70.0 Å². The average molecular weight is 301 g/mol. The number of nitrogens with two attached hydrogens (primary N) is 1. The summed E-state index contributed by atoms with van der Waals surface area (Å²) in [7, 11) is 0. The maximum atomic E-state index is 13.2. The lowest BCUT2D eigenvalue weighted by atomic mass is 9.99. The van der Waals surface area contributed by atoms with Crippen LogP contribution in [-0.4, -0.2) is 0 Å². The van der Waals surface area contributed by atoms with Crippen molar-refractivity contribution in [2.75, 3.05) is 0 Å². The minimum Gasteiger partial charge on any atom is -0.271 e. The van der Waals surface area contributed by atoms with Crippen LogP contribution in [0.4, 0.5) is 13.2 Å². The minimum atomic E-state index is -0.703. The lowest BCUT2D eigenvalue weighted by Crippen LogP contribution is -2.29. The van der Waals surface area contributed by atoms with Crippen molar-refractivity contribution in [3.63, 3.8) is 0 Å². The van der Waals surface area contributed by atoms with E-state index in [1.807, 2.05) is 0 Å². The summed E-state index contributed by atoms with van der Waals surface area (Å²) in [5, 5.41) is 0.364. The Balaban J connectivity index is 2.30. The summed E-state index contributed by atoms with van der Waals surface area (Å²) in [5.74, 6) is 3.56. The molecule has 1 unspecified atom stereocenters. The van der Waals surface area contributed by atoms with Crippen LogP contribution in [0, 0.1) is 17.5 Å². The molecule has 0 saturated carbocycles. The van der Waals surface area contributed by atoms with E-state index in [-0.39, 0.29) is 6.42 Å². The first kappa shape index (κ1) is 14.8. The van der Waals surface area contributed by atoms with Gasteiger partial charge in [0.2, 0.25) is 0 Å². The SMILES string of the molecule is NNC(Cc1cc(F)ccc1Cl)c1cc(F)cc(F)c1. The first-order valence-corrected chi connectivity index (χ1v) is 6.23. The molecule has 20 heavy (non-hydrogen) atoms. The van der Waals surface area contributed by atoms with E-state index in [1.54, 1.807) is 0 Å². The predicted molar refractivity (Wildman–Crippen MR) is 71.5 cm³/mol. The molecule has 0 amide bonds. The van der Waals surface area contributed by atoms with Crippen LogP contribution in [0.3, 0.4) is 0 Å². The van der Waals surface area contributed by atoms with Gasteiger partial charge in [-0.15, -0.1) is 0 Å². The highest BCUT2D eigenvalue weighted by Crippen LogP contribution is 2.25. The number of hydrazine groups is 1. The highest BCUT2D eigenvalue weighted by molar-refractivity contribution is 6.31. The van der Waals surface area contributed by atoms with Crippen LogP contribution < -0.4 is 11.3 Å². The number of halogens is 4. The molecule has 6 heteroatoms. The average Bonchev–Trinajstić information content (AvgIpc) is 2.38. The zero-order valence-corrected chi connectivity index (χ0v) is 11.1. The fraction of sp³-hybridized carbons (Fsp3) is 0.143. The normalized spacial score (nSPS) is 12.4. The molecule has 0 saturated heterocycles.